The van der Waals surface area contributed by atoms with Crippen molar-refractivity contribution < 1.29 is 4.74 Å². The number of nitrogens with zero attached hydrogens (tertiary/aromatic N) is 1. The highest BCUT2D eigenvalue weighted by Gasteiger charge is 2.04. The fraction of sp³-hybridized carbons (Fsp3) is 0.571. The van der Waals surface area contributed by atoms with E-state index in [1.54, 1.807) is 0 Å². The van der Waals surface area contributed by atoms with Crippen molar-refractivity contribution in [2.75, 3.05) is 38.6 Å². The van der Waals surface area contributed by atoms with Gasteiger partial charge in [-0.2, -0.15) is 0 Å². The molecule has 0 aliphatic heterocycles. The second kappa shape index (κ2) is 8.09. The number of nitrogen functional groups attached to an aromatic ring is 1. The van der Waals surface area contributed by atoms with Gasteiger partial charge < -0.3 is 15.4 Å². The summed E-state index contributed by atoms with van der Waals surface area (Å²) in [6.07, 6.45) is 1.01. The van der Waals surface area contributed by atoms with Gasteiger partial charge in [0.2, 0.25) is 0 Å². The van der Waals surface area contributed by atoms with Crippen LogP contribution in [0.5, 0.6) is 0 Å². The van der Waals surface area contributed by atoms with Crippen molar-refractivity contribution in [2.24, 2.45) is 0 Å². The van der Waals surface area contributed by atoms with Crippen molar-refractivity contribution in [3.8, 4) is 0 Å². The Balaban J connectivity index is 2.34. The zero-order valence-electron chi connectivity index (χ0n) is 11.0. The number of likely N-dealkylation sites (N-methyl/N-ethyl adjacent to an activating group) is 1. The normalized spacial score (nSPS) is 11.0. The Labute approximate surface area is 105 Å². The highest BCUT2D eigenvalue weighted by molar-refractivity contribution is 5.46. The number of anilines is 1. The van der Waals surface area contributed by atoms with Gasteiger partial charge >= 0.3 is 0 Å². The Bertz CT molecular complexity index is 315. The minimum absolute atomic E-state index is 0.795. The second-order valence-corrected chi connectivity index (χ2v) is 4.08. The van der Waals surface area contributed by atoms with Crippen LogP contribution in [-0.2, 0) is 11.2 Å². The lowest BCUT2D eigenvalue weighted by Crippen LogP contribution is -2.29. The van der Waals surface area contributed by atoms with Crippen molar-refractivity contribution >= 4 is 5.69 Å². The van der Waals surface area contributed by atoms with E-state index in [2.05, 4.69) is 17.9 Å². The van der Waals surface area contributed by atoms with E-state index >= 15 is 0 Å². The molecule has 0 saturated carbocycles. The predicted octanol–water partition coefficient (Wildman–Crippen LogP) is 2.17. The minimum Gasteiger partial charge on any atom is -0.399 e. The molecule has 3 heteroatoms. The molecule has 0 fully saturated rings. The largest absolute Gasteiger partial charge is 0.399 e. The van der Waals surface area contributed by atoms with E-state index in [1.807, 2.05) is 25.1 Å². The average Bonchev–Trinajstić information content (AvgIpc) is 2.35. The Morgan fingerprint density at radius 2 is 1.94 bits per heavy atom. The molecule has 0 aliphatic rings. The Hall–Kier alpha value is -1.06. The van der Waals surface area contributed by atoms with Gasteiger partial charge in [0.15, 0.2) is 0 Å². The average molecular weight is 236 g/mol. The van der Waals surface area contributed by atoms with Gasteiger partial charge in [-0.25, -0.2) is 0 Å². The quantitative estimate of drug-likeness (QED) is 0.555. The SMILES string of the molecule is CCOCCN(CC)CCc1ccccc1N. The molecule has 0 bridgehead atoms. The van der Waals surface area contributed by atoms with E-state index in [4.69, 9.17) is 10.5 Å². The third-order valence-electron chi connectivity index (χ3n) is 2.96. The summed E-state index contributed by atoms with van der Waals surface area (Å²) in [5.41, 5.74) is 8.06. The van der Waals surface area contributed by atoms with Gasteiger partial charge in [-0.15, -0.1) is 0 Å². The topological polar surface area (TPSA) is 38.5 Å². The molecule has 1 aromatic carbocycles. The lowest BCUT2D eigenvalue weighted by Gasteiger charge is -2.20. The van der Waals surface area contributed by atoms with Crippen molar-refractivity contribution in [2.45, 2.75) is 20.3 Å². The molecule has 2 N–H and O–H groups in total. The Morgan fingerprint density at radius 3 is 2.59 bits per heavy atom. The molecule has 0 spiro atoms. The van der Waals surface area contributed by atoms with E-state index in [9.17, 15) is 0 Å². The highest BCUT2D eigenvalue weighted by atomic mass is 16.5. The molecule has 0 saturated heterocycles. The smallest absolute Gasteiger partial charge is 0.0593 e. The number of nitrogens with two attached hydrogens (primary N) is 1. The lowest BCUT2D eigenvalue weighted by atomic mass is 10.1. The van der Waals surface area contributed by atoms with Crippen molar-refractivity contribution in [3.63, 3.8) is 0 Å². The molecule has 0 aliphatic carbocycles. The Morgan fingerprint density at radius 1 is 1.18 bits per heavy atom. The fourth-order valence-electron chi connectivity index (χ4n) is 1.81. The predicted molar refractivity (Wildman–Crippen MR) is 73.2 cm³/mol. The molecule has 0 unspecified atom stereocenters. The first-order chi connectivity index (χ1) is 8.27. The van der Waals surface area contributed by atoms with Crippen molar-refractivity contribution in [1.82, 2.24) is 4.90 Å². The molecular weight excluding hydrogens is 212 g/mol. The summed E-state index contributed by atoms with van der Waals surface area (Å²) in [7, 11) is 0. The summed E-state index contributed by atoms with van der Waals surface area (Å²) >= 11 is 0. The van der Waals surface area contributed by atoms with Gasteiger partial charge in [-0.1, -0.05) is 25.1 Å². The van der Waals surface area contributed by atoms with Gasteiger partial charge in [-0.05, 0) is 31.5 Å². The van der Waals surface area contributed by atoms with Gasteiger partial charge in [0, 0.05) is 25.4 Å². The monoisotopic (exact) mass is 236 g/mol. The van der Waals surface area contributed by atoms with E-state index in [-0.39, 0.29) is 0 Å². The number of hydrogen-bond donors (Lipinski definition) is 1. The van der Waals surface area contributed by atoms with Crippen LogP contribution in [0.2, 0.25) is 0 Å². The number of ether oxygens (including phenoxy) is 1. The van der Waals surface area contributed by atoms with Crippen LogP contribution < -0.4 is 5.73 Å². The molecular formula is C14H24N2O. The first kappa shape index (κ1) is 14.0. The molecule has 0 heterocycles. The second-order valence-electron chi connectivity index (χ2n) is 4.08. The van der Waals surface area contributed by atoms with Crippen LogP contribution in [0.1, 0.15) is 19.4 Å². The third-order valence-corrected chi connectivity index (χ3v) is 2.96. The maximum atomic E-state index is 5.93. The zero-order valence-corrected chi connectivity index (χ0v) is 11.0. The number of rotatable bonds is 8. The lowest BCUT2D eigenvalue weighted by molar-refractivity contribution is 0.116. The van der Waals surface area contributed by atoms with Crippen LogP contribution in [0.15, 0.2) is 24.3 Å². The van der Waals surface area contributed by atoms with Crippen LogP contribution in [-0.4, -0.2) is 37.7 Å². The summed E-state index contributed by atoms with van der Waals surface area (Å²) in [5, 5.41) is 0. The van der Waals surface area contributed by atoms with Crippen LogP contribution in [0, 0.1) is 0 Å². The third kappa shape index (κ3) is 5.20. The minimum atomic E-state index is 0.795. The molecule has 0 atom stereocenters. The highest BCUT2D eigenvalue weighted by Crippen LogP contribution is 2.11. The summed E-state index contributed by atoms with van der Waals surface area (Å²) in [6.45, 7) is 8.91. The maximum Gasteiger partial charge on any atom is 0.0593 e. The summed E-state index contributed by atoms with van der Waals surface area (Å²) in [4.78, 5) is 2.39. The van der Waals surface area contributed by atoms with Crippen molar-refractivity contribution in [1.29, 1.82) is 0 Å². The Kier molecular flexibility index (Phi) is 6.67. The molecule has 17 heavy (non-hydrogen) atoms. The number of para-hydroxylation sites is 1. The number of benzene rings is 1. The summed E-state index contributed by atoms with van der Waals surface area (Å²) in [5.74, 6) is 0. The summed E-state index contributed by atoms with van der Waals surface area (Å²) in [6, 6.07) is 8.09. The molecule has 0 aromatic heterocycles. The standard InChI is InChI=1S/C14H24N2O/c1-3-16(11-12-17-4-2)10-9-13-7-5-6-8-14(13)15/h5-8H,3-4,9-12,15H2,1-2H3. The zero-order chi connectivity index (χ0) is 12.5. The van der Waals surface area contributed by atoms with E-state index in [1.165, 1.54) is 5.56 Å². The van der Waals surface area contributed by atoms with Crippen LogP contribution >= 0.6 is 0 Å². The van der Waals surface area contributed by atoms with Crippen LogP contribution in [0.25, 0.3) is 0 Å². The van der Waals surface area contributed by atoms with Crippen LogP contribution in [0.4, 0.5) is 5.69 Å². The van der Waals surface area contributed by atoms with Gasteiger partial charge in [-0.3, -0.25) is 0 Å². The number of hydrogen-bond acceptors (Lipinski definition) is 3. The van der Waals surface area contributed by atoms with E-state index in [0.29, 0.717) is 0 Å². The first-order valence-electron chi connectivity index (χ1n) is 6.41. The van der Waals surface area contributed by atoms with Gasteiger partial charge in [0.1, 0.15) is 0 Å². The van der Waals surface area contributed by atoms with E-state index in [0.717, 1.165) is 45.0 Å². The van der Waals surface area contributed by atoms with Gasteiger partial charge in [0.25, 0.3) is 0 Å². The maximum absolute atomic E-state index is 5.93. The molecule has 3 nitrogen and oxygen atoms in total. The molecule has 1 rings (SSSR count). The van der Waals surface area contributed by atoms with E-state index < -0.39 is 0 Å². The van der Waals surface area contributed by atoms with Crippen molar-refractivity contribution in [3.05, 3.63) is 29.8 Å². The molecule has 1 aromatic rings. The fourth-order valence-corrected chi connectivity index (χ4v) is 1.81. The molecule has 0 radical (unpaired) electrons. The molecule has 96 valence electrons. The van der Waals surface area contributed by atoms with Gasteiger partial charge in [0.05, 0.1) is 6.61 Å². The summed E-state index contributed by atoms with van der Waals surface area (Å²) < 4.78 is 5.38. The molecule has 0 amide bonds. The van der Waals surface area contributed by atoms with Crippen LogP contribution in [0.3, 0.4) is 0 Å². The first-order valence-corrected chi connectivity index (χ1v) is 6.41.